The van der Waals surface area contributed by atoms with Gasteiger partial charge in [0.15, 0.2) is 5.82 Å². The van der Waals surface area contributed by atoms with Crippen LogP contribution in [0.15, 0.2) is 60.1 Å². The summed E-state index contributed by atoms with van der Waals surface area (Å²) < 4.78 is 33.7. The molecule has 0 saturated carbocycles. The van der Waals surface area contributed by atoms with E-state index < -0.39 is 10.0 Å². The van der Waals surface area contributed by atoms with Gasteiger partial charge in [-0.1, -0.05) is 0 Å². The van der Waals surface area contributed by atoms with Crippen molar-refractivity contribution in [3.8, 4) is 11.6 Å². The Morgan fingerprint density at radius 3 is 2.45 bits per heavy atom. The highest BCUT2D eigenvalue weighted by molar-refractivity contribution is 7.89. The lowest BCUT2D eigenvalue weighted by Crippen LogP contribution is -2.41. The molecule has 1 amide bonds. The van der Waals surface area contributed by atoms with E-state index in [-0.39, 0.29) is 29.8 Å². The first-order chi connectivity index (χ1) is 15.0. The SMILES string of the molecule is COc1ccc(S(=O)(=O)N2CCC(C(=O)Nc3ccc(-n4cncn4)nc3)CC2)cc1. The summed E-state index contributed by atoms with van der Waals surface area (Å²) in [5, 5.41) is 6.86. The summed E-state index contributed by atoms with van der Waals surface area (Å²) in [5.41, 5.74) is 0.571. The number of nitrogens with zero attached hydrogens (tertiary/aromatic N) is 5. The zero-order chi connectivity index (χ0) is 21.8. The van der Waals surface area contributed by atoms with Crippen molar-refractivity contribution >= 4 is 21.6 Å². The van der Waals surface area contributed by atoms with Gasteiger partial charge in [0, 0.05) is 19.0 Å². The molecule has 1 saturated heterocycles. The third-order valence-electron chi connectivity index (χ3n) is 5.19. The normalized spacial score (nSPS) is 15.5. The van der Waals surface area contributed by atoms with E-state index in [0.717, 1.165) is 0 Å². The molecule has 31 heavy (non-hydrogen) atoms. The Morgan fingerprint density at radius 1 is 1.13 bits per heavy atom. The maximum atomic E-state index is 12.8. The van der Waals surface area contributed by atoms with E-state index in [1.807, 2.05) is 0 Å². The number of sulfonamides is 1. The second-order valence-corrected chi connectivity index (χ2v) is 9.03. The molecule has 0 atom stereocenters. The van der Waals surface area contributed by atoms with Crippen LogP contribution in [0.4, 0.5) is 5.69 Å². The molecular weight excluding hydrogens is 420 g/mol. The summed E-state index contributed by atoms with van der Waals surface area (Å²) in [5.74, 6) is 0.778. The summed E-state index contributed by atoms with van der Waals surface area (Å²) >= 11 is 0. The average molecular weight is 443 g/mol. The van der Waals surface area contributed by atoms with E-state index in [2.05, 4.69) is 20.4 Å². The highest BCUT2D eigenvalue weighted by Gasteiger charge is 2.32. The quantitative estimate of drug-likeness (QED) is 0.617. The predicted octanol–water partition coefficient (Wildman–Crippen LogP) is 1.71. The lowest BCUT2D eigenvalue weighted by atomic mass is 9.97. The molecule has 0 radical (unpaired) electrons. The van der Waals surface area contributed by atoms with E-state index in [4.69, 9.17) is 4.74 Å². The molecule has 0 bridgehead atoms. The molecule has 3 aromatic rings. The van der Waals surface area contributed by atoms with Crippen molar-refractivity contribution in [2.75, 3.05) is 25.5 Å². The number of pyridine rings is 1. The summed E-state index contributed by atoms with van der Waals surface area (Å²) in [6, 6.07) is 9.77. The van der Waals surface area contributed by atoms with Gasteiger partial charge in [-0.05, 0) is 49.2 Å². The molecule has 2 aromatic heterocycles. The van der Waals surface area contributed by atoms with Crippen LogP contribution in [0.3, 0.4) is 0 Å². The number of carbonyl (C=O) groups is 1. The molecule has 1 aliphatic rings. The first-order valence-electron chi connectivity index (χ1n) is 9.73. The minimum Gasteiger partial charge on any atom is -0.497 e. The fraction of sp³-hybridized carbons (Fsp3) is 0.300. The number of carbonyl (C=O) groups excluding carboxylic acids is 1. The van der Waals surface area contributed by atoms with Gasteiger partial charge in [0.05, 0.1) is 23.9 Å². The maximum Gasteiger partial charge on any atom is 0.243 e. The number of nitrogens with one attached hydrogen (secondary N) is 1. The van der Waals surface area contributed by atoms with Crippen LogP contribution in [0.5, 0.6) is 5.75 Å². The number of amides is 1. The fourth-order valence-corrected chi connectivity index (χ4v) is 4.89. The van der Waals surface area contributed by atoms with Crippen molar-refractivity contribution in [3.63, 3.8) is 0 Å². The summed E-state index contributed by atoms with van der Waals surface area (Å²) in [4.78, 5) is 21.0. The zero-order valence-corrected chi connectivity index (χ0v) is 17.7. The van der Waals surface area contributed by atoms with Crippen LogP contribution >= 0.6 is 0 Å². The third kappa shape index (κ3) is 4.57. The molecule has 1 aromatic carbocycles. The number of aromatic nitrogens is 4. The minimum absolute atomic E-state index is 0.142. The fourth-order valence-electron chi connectivity index (χ4n) is 3.42. The van der Waals surface area contributed by atoms with Crippen LogP contribution in [0.25, 0.3) is 5.82 Å². The summed E-state index contributed by atoms with van der Waals surface area (Å²) in [6.07, 6.45) is 5.41. The van der Waals surface area contributed by atoms with Crippen LogP contribution < -0.4 is 10.1 Å². The largest absolute Gasteiger partial charge is 0.497 e. The van der Waals surface area contributed by atoms with Gasteiger partial charge in [0.25, 0.3) is 0 Å². The molecule has 3 heterocycles. The molecule has 4 rings (SSSR count). The molecule has 0 aliphatic carbocycles. The van der Waals surface area contributed by atoms with E-state index >= 15 is 0 Å². The summed E-state index contributed by atoms with van der Waals surface area (Å²) in [6.45, 7) is 0.575. The van der Waals surface area contributed by atoms with Crippen LogP contribution in [-0.2, 0) is 14.8 Å². The predicted molar refractivity (Wildman–Crippen MR) is 112 cm³/mol. The maximum absolute atomic E-state index is 12.8. The van der Waals surface area contributed by atoms with Crippen molar-refractivity contribution in [1.29, 1.82) is 0 Å². The van der Waals surface area contributed by atoms with Gasteiger partial charge < -0.3 is 10.1 Å². The Labute approximate surface area is 179 Å². The summed E-state index contributed by atoms with van der Waals surface area (Å²) in [7, 11) is -2.07. The van der Waals surface area contributed by atoms with Crippen molar-refractivity contribution in [2.45, 2.75) is 17.7 Å². The first-order valence-corrected chi connectivity index (χ1v) is 11.2. The first kappa shape index (κ1) is 20.9. The van der Waals surface area contributed by atoms with Gasteiger partial charge in [0.2, 0.25) is 15.9 Å². The van der Waals surface area contributed by atoms with Gasteiger partial charge in [0.1, 0.15) is 18.4 Å². The average Bonchev–Trinajstić information content (AvgIpc) is 3.35. The minimum atomic E-state index is -3.60. The number of piperidine rings is 1. The molecular formula is C20H22N6O4S. The van der Waals surface area contributed by atoms with Crippen LogP contribution in [0.1, 0.15) is 12.8 Å². The second-order valence-electron chi connectivity index (χ2n) is 7.09. The Hall–Kier alpha value is -3.31. The lowest BCUT2D eigenvalue weighted by Gasteiger charge is -2.30. The Morgan fingerprint density at radius 2 is 1.87 bits per heavy atom. The molecule has 1 N–H and O–H groups in total. The highest BCUT2D eigenvalue weighted by Crippen LogP contribution is 2.26. The monoisotopic (exact) mass is 442 g/mol. The number of hydrogen-bond acceptors (Lipinski definition) is 7. The van der Waals surface area contributed by atoms with Gasteiger partial charge in [-0.2, -0.15) is 9.40 Å². The molecule has 1 fully saturated rings. The molecule has 0 unspecified atom stereocenters. The number of anilines is 1. The highest BCUT2D eigenvalue weighted by atomic mass is 32.2. The van der Waals surface area contributed by atoms with E-state index in [9.17, 15) is 13.2 Å². The molecule has 162 valence electrons. The van der Waals surface area contributed by atoms with Crippen molar-refractivity contribution in [3.05, 3.63) is 55.2 Å². The Bertz CT molecular complexity index is 1120. The van der Waals surface area contributed by atoms with Crippen LogP contribution in [0, 0.1) is 5.92 Å². The van der Waals surface area contributed by atoms with Gasteiger partial charge in [-0.15, -0.1) is 0 Å². The standard InChI is InChI=1S/C20H22N6O4S/c1-30-17-3-5-18(6-4-17)31(28,29)25-10-8-15(9-11-25)20(27)24-16-2-7-19(22-12-16)26-14-21-13-23-26/h2-7,12-15H,8-11H2,1H3,(H,24,27). The molecule has 1 aliphatic heterocycles. The molecule has 10 nitrogen and oxygen atoms in total. The van der Waals surface area contributed by atoms with E-state index in [1.165, 1.54) is 40.9 Å². The van der Waals surface area contributed by atoms with Crippen LogP contribution in [0.2, 0.25) is 0 Å². The number of rotatable bonds is 6. The molecule has 11 heteroatoms. The lowest BCUT2D eigenvalue weighted by molar-refractivity contribution is -0.120. The third-order valence-corrected chi connectivity index (χ3v) is 7.10. The molecule has 0 spiro atoms. The zero-order valence-electron chi connectivity index (χ0n) is 16.9. The number of benzene rings is 1. The Kier molecular flexibility index (Phi) is 5.96. The van der Waals surface area contributed by atoms with Gasteiger partial charge >= 0.3 is 0 Å². The smallest absolute Gasteiger partial charge is 0.243 e. The van der Waals surface area contributed by atoms with E-state index in [1.54, 1.807) is 30.5 Å². The Balaban J connectivity index is 1.34. The number of hydrogen-bond donors (Lipinski definition) is 1. The van der Waals surface area contributed by atoms with E-state index in [0.29, 0.717) is 30.1 Å². The van der Waals surface area contributed by atoms with Gasteiger partial charge in [-0.3, -0.25) is 4.79 Å². The number of ether oxygens (including phenoxy) is 1. The van der Waals surface area contributed by atoms with Crippen molar-refractivity contribution < 1.29 is 17.9 Å². The van der Waals surface area contributed by atoms with Crippen molar-refractivity contribution in [1.82, 2.24) is 24.1 Å². The van der Waals surface area contributed by atoms with Gasteiger partial charge in [-0.25, -0.2) is 23.1 Å². The second kappa shape index (κ2) is 8.82. The van der Waals surface area contributed by atoms with Crippen LogP contribution in [-0.4, -0.2) is 58.6 Å². The topological polar surface area (TPSA) is 119 Å². The van der Waals surface area contributed by atoms with Crippen molar-refractivity contribution in [2.24, 2.45) is 5.92 Å². The number of methoxy groups -OCH3 is 1.